The van der Waals surface area contributed by atoms with E-state index in [1.165, 1.54) is 0 Å². The Morgan fingerprint density at radius 2 is 2.26 bits per heavy atom. The van der Waals surface area contributed by atoms with Crippen LogP contribution in [0.5, 0.6) is 0 Å². The van der Waals surface area contributed by atoms with Gasteiger partial charge in [0.15, 0.2) is 0 Å². The number of amides is 2. The number of aliphatic hydroxyl groups is 1. The van der Waals surface area contributed by atoms with Crippen molar-refractivity contribution in [3.8, 4) is 0 Å². The van der Waals surface area contributed by atoms with Gasteiger partial charge in [-0.15, -0.1) is 0 Å². The fraction of sp³-hybridized carbons (Fsp3) is 0.250. The van der Waals surface area contributed by atoms with Crippen molar-refractivity contribution in [1.29, 1.82) is 0 Å². The fourth-order valence-electron chi connectivity index (χ4n) is 2.36. The number of nitrogens with one attached hydrogen (secondary N) is 3. The van der Waals surface area contributed by atoms with Gasteiger partial charge in [-0.1, -0.05) is 0 Å². The number of hydrogen-bond acceptors (Lipinski definition) is 3. The predicted octanol–water partition coefficient (Wildman–Crippen LogP) is 1.93. The van der Waals surface area contributed by atoms with Gasteiger partial charge in [-0.2, -0.15) is 5.10 Å². The van der Waals surface area contributed by atoms with Crippen LogP contribution in [0.2, 0.25) is 0 Å². The third kappa shape index (κ3) is 3.35. The molecule has 7 heteroatoms. The number of anilines is 1. The summed E-state index contributed by atoms with van der Waals surface area (Å²) < 4.78 is 1.61. The molecular weight excluding hydrogens is 294 g/mol. The van der Waals surface area contributed by atoms with Gasteiger partial charge in [0.05, 0.1) is 12.7 Å². The number of carbonyl (C=O) groups excluding carboxylic acids is 1. The molecule has 0 spiro atoms. The Bertz CT molecular complexity index is 834. The number of aromatic nitrogens is 3. The van der Waals surface area contributed by atoms with Gasteiger partial charge in [0.25, 0.3) is 0 Å². The van der Waals surface area contributed by atoms with E-state index in [1.807, 2.05) is 30.5 Å². The quantitative estimate of drug-likeness (QED) is 0.593. The first-order valence-corrected chi connectivity index (χ1v) is 7.27. The Morgan fingerprint density at radius 3 is 3.00 bits per heavy atom. The first kappa shape index (κ1) is 15.1. The van der Waals surface area contributed by atoms with E-state index in [1.54, 1.807) is 31.0 Å². The lowest BCUT2D eigenvalue weighted by molar-refractivity contribution is 0.0599. The van der Waals surface area contributed by atoms with E-state index in [0.717, 1.165) is 10.9 Å². The van der Waals surface area contributed by atoms with Crippen LogP contribution in [0.1, 0.15) is 12.5 Å². The zero-order valence-electron chi connectivity index (χ0n) is 13.0. The molecule has 1 aromatic carbocycles. The molecule has 0 saturated heterocycles. The summed E-state index contributed by atoms with van der Waals surface area (Å²) >= 11 is 0. The van der Waals surface area contributed by atoms with Gasteiger partial charge >= 0.3 is 6.03 Å². The summed E-state index contributed by atoms with van der Waals surface area (Å²) in [5.41, 5.74) is 1.16. The lowest BCUT2D eigenvalue weighted by atomic mass is 10.00. The standard InChI is InChI=1S/C16H19N5O2/c1-16(23,12-8-19-21(2)9-12)10-18-15(22)20-13-3-4-14-11(7-13)5-6-17-14/h3-9,17,23H,10H2,1-2H3,(H2,18,20,22). The average Bonchev–Trinajstić information content (AvgIpc) is 3.14. The number of fused-ring (bicyclic) bond motifs is 1. The Morgan fingerprint density at radius 1 is 1.43 bits per heavy atom. The smallest absolute Gasteiger partial charge is 0.319 e. The molecule has 120 valence electrons. The van der Waals surface area contributed by atoms with Crippen LogP contribution >= 0.6 is 0 Å². The third-order valence-corrected chi connectivity index (χ3v) is 3.73. The second-order valence-electron chi connectivity index (χ2n) is 5.76. The highest BCUT2D eigenvalue weighted by molar-refractivity contribution is 5.92. The second-order valence-corrected chi connectivity index (χ2v) is 5.76. The zero-order chi connectivity index (χ0) is 16.4. The maximum absolute atomic E-state index is 12.0. The van der Waals surface area contributed by atoms with Crippen molar-refractivity contribution in [2.45, 2.75) is 12.5 Å². The van der Waals surface area contributed by atoms with Crippen molar-refractivity contribution >= 4 is 22.6 Å². The van der Waals surface area contributed by atoms with Crippen LogP contribution in [0, 0.1) is 0 Å². The van der Waals surface area contributed by atoms with Crippen molar-refractivity contribution in [3.05, 3.63) is 48.4 Å². The number of benzene rings is 1. The van der Waals surface area contributed by atoms with Gasteiger partial charge < -0.3 is 20.7 Å². The molecule has 0 radical (unpaired) electrons. The van der Waals surface area contributed by atoms with Gasteiger partial charge in [0.2, 0.25) is 0 Å². The molecule has 0 fully saturated rings. The minimum Gasteiger partial charge on any atom is -0.383 e. The van der Waals surface area contributed by atoms with Gasteiger partial charge in [-0.05, 0) is 31.2 Å². The van der Waals surface area contributed by atoms with Crippen LogP contribution in [0.25, 0.3) is 10.9 Å². The molecule has 23 heavy (non-hydrogen) atoms. The number of hydrogen-bond donors (Lipinski definition) is 4. The molecular formula is C16H19N5O2. The number of carbonyl (C=O) groups is 1. The van der Waals surface area contributed by atoms with Crippen LogP contribution in [0.3, 0.4) is 0 Å². The number of H-pyrrole nitrogens is 1. The number of aryl methyl sites for hydroxylation is 1. The maximum atomic E-state index is 12.0. The maximum Gasteiger partial charge on any atom is 0.319 e. The molecule has 2 amide bonds. The lowest BCUT2D eigenvalue weighted by Crippen LogP contribution is -2.40. The van der Waals surface area contributed by atoms with Gasteiger partial charge in [0, 0.05) is 41.6 Å². The first-order valence-electron chi connectivity index (χ1n) is 7.27. The molecule has 0 bridgehead atoms. The van der Waals surface area contributed by atoms with Crippen molar-refractivity contribution in [2.75, 3.05) is 11.9 Å². The second kappa shape index (κ2) is 5.77. The van der Waals surface area contributed by atoms with Crippen molar-refractivity contribution < 1.29 is 9.90 Å². The topological polar surface area (TPSA) is 95.0 Å². The number of urea groups is 1. The minimum atomic E-state index is -1.18. The van der Waals surface area contributed by atoms with Crippen LogP contribution in [-0.4, -0.2) is 32.4 Å². The molecule has 1 atom stereocenters. The van der Waals surface area contributed by atoms with Crippen LogP contribution in [-0.2, 0) is 12.6 Å². The molecule has 0 saturated carbocycles. The van der Waals surface area contributed by atoms with Crippen LogP contribution in [0.15, 0.2) is 42.9 Å². The molecule has 0 aliphatic carbocycles. The van der Waals surface area contributed by atoms with Crippen LogP contribution < -0.4 is 10.6 Å². The Balaban J connectivity index is 1.60. The van der Waals surface area contributed by atoms with Gasteiger partial charge in [-0.25, -0.2) is 4.79 Å². The highest BCUT2D eigenvalue weighted by Crippen LogP contribution is 2.19. The van der Waals surface area contributed by atoms with E-state index in [9.17, 15) is 9.90 Å². The molecule has 4 N–H and O–H groups in total. The Kier molecular flexibility index (Phi) is 3.79. The summed E-state index contributed by atoms with van der Waals surface area (Å²) in [6.07, 6.45) is 5.15. The van der Waals surface area contributed by atoms with Gasteiger partial charge in [0.1, 0.15) is 5.60 Å². The molecule has 3 rings (SSSR count). The highest BCUT2D eigenvalue weighted by Gasteiger charge is 2.25. The zero-order valence-corrected chi connectivity index (χ0v) is 13.0. The summed E-state index contributed by atoms with van der Waals surface area (Å²) in [6.45, 7) is 1.72. The molecule has 1 unspecified atom stereocenters. The van der Waals surface area contributed by atoms with E-state index < -0.39 is 5.60 Å². The van der Waals surface area contributed by atoms with E-state index >= 15 is 0 Å². The fourth-order valence-corrected chi connectivity index (χ4v) is 2.36. The Hall–Kier alpha value is -2.80. The van der Waals surface area contributed by atoms with E-state index in [0.29, 0.717) is 11.3 Å². The van der Waals surface area contributed by atoms with E-state index in [2.05, 4.69) is 20.7 Å². The minimum absolute atomic E-state index is 0.0803. The molecule has 7 nitrogen and oxygen atoms in total. The average molecular weight is 313 g/mol. The predicted molar refractivity (Wildman–Crippen MR) is 88.1 cm³/mol. The lowest BCUT2D eigenvalue weighted by Gasteiger charge is -2.22. The third-order valence-electron chi connectivity index (χ3n) is 3.73. The Labute approximate surface area is 133 Å². The van der Waals surface area contributed by atoms with Crippen LogP contribution in [0.4, 0.5) is 10.5 Å². The van der Waals surface area contributed by atoms with Crippen molar-refractivity contribution in [3.63, 3.8) is 0 Å². The van der Waals surface area contributed by atoms with Gasteiger partial charge in [-0.3, -0.25) is 4.68 Å². The summed E-state index contributed by atoms with van der Waals surface area (Å²) in [5, 5.41) is 20.9. The normalized spacial score (nSPS) is 13.7. The van der Waals surface area contributed by atoms with Crippen molar-refractivity contribution in [2.24, 2.45) is 7.05 Å². The molecule has 2 heterocycles. The van der Waals surface area contributed by atoms with Crippen molar-refractivity contribution in [1.82, 2.24) is 20.1 Å². The van der Waals surface area contributed by atoms with E-state index in [-0.39, 0.29) is 12.6 Å². The largest absolute Gasteiger partial charge is 0.383 e. The van der Waals surface area contributed by atoms with E-state index in [4.69, 9.17) is 0 Å². The summed E-state index contributed by atoms with van der Waals surface area (Å²) in [6, 6.07) is 7.16. The number of aromatic amines is 1. The first-order chi connectivity index (χ1) is 10.9. The number of nitrogens with zero attached hydrogens (tertiary/aromatic N) is 2. The summed E-state index contributed by atoms with van der Waals surface area (Å²) in [5.74, 6) is 0. The monoisotopic (exact) mass is 313 g/mol. The highest BCUT2D eigenvalue weighted by atomic mass is 16.3. The summed E-state index contributed by atoms with van der Waals surface area (Å²) in [4.78, 5) is 15.1. The molecule has 0 aliphatic rings. The summed E-state index contributed by atoms with van der Waals surface area (Å²) in [7, 11) is 1.77. The molecule has 0 aliphatic heterocycles. The molecule has 3 aromatic rings. The molecule has 2 aromatic heterocycles. The SMILES string of the molecule is Cn1cc(C(C)(O)CNC(=O)Nc2ccc3[nH]ccc3c2)cn1. The number of rotatable bonds is 4.